The van der Waals surface area contributed by atoms with Gasteiger partial charge in [0, 0.05) is 30.6 Å². The number of benzene rings is 1. The van der Waals surface area contributed by atoms with Crippen LogP contribution >= 0.6 is 11.3 Å². The molecule has 0 atom stereocenters. The van der Waals surface area contributed by atoms with Gasteiger partial charge in [-0.05, 0) is 50.5 Å². The van der Waals surface area contributed by atoms with Gasteiger partial charge in [0.05, 0.1) is 0 Å². The van der Waals surface area contributed by atoms with Gasteiger partial charge in [0.25, 0.3) is 0 Å². The van der Waals surface area contributed by atoms with Crippen molar-refractivity contribution in [3.8, 4) is 0 Å². The maximum atomic E-state index is 12.4. The van der Waals surface area contributed by atoms with Crippen LogP contribution in [-0.2, 0) is 21.2 Å². The molecule has 0 unspecified atom stereocenters. The molecular weight excluding hydrogens is 368 g/mol. The van der Waals surface area contributed by atoms with Gasteiger partial charge in [0.2, 0.25) is 15.9 Å². The Morgan fingerprint density at radius 2 is 1.77 bits per heavy atom. The number of carbonyl (C=O) groups excluding carboxylic acids is 1. The Morgan fingerprint density at radius 3 is 2.27 bits per heavy atom. The Balaban J connectivity index is 2.14. The zero-order valence-electron chi connectivity index (χ0n) is 15.9. The van der Waals surface area contributed by atoms with Gasteiger partial charge in [-0.15, -0.1) is 11.3 Å². The second-order valence-corrected chi connectivity index (χ2v) is 9.55. The average Bonchev–Trinajstić information content (AvgIpc) is 3.02. The molecule has 0 aliphatic rings. The van der Waals surface area contributed by atoms with Crippen molar-refractivity contribution in [3.63, 3.8) is 0 Å². The van der Waals surface area contributed by atoms with Crippen molar-refractivity contribution in [2.45, 2.75) is 45.2 Å². The summed E-state index contributed by atoms with van der Waals surface area (Å²) < 4.78 is 27.8. The molecule has 0 aliphatic carbocycles. The van der Waals surface area contributed by atoms with E-state index in [9.17, 15) is 13.2 Å². The monoisotopic (exact) mass is 394 g/mol. The van der Waals surface area contributed by atoms with Crippen molar-refractivity contribution in [1.29, 1.82) is 0 Å². The molecule has 0 radical (unpaired) electrons. The van der Waals surface area contributed by atoms with E-state index in [2.05, 4.69) is 4.72 Å². The molecule has 0 spiro atoms. The van der Waals surface area contributed by atoms with Gasteiger partial charge in [0.15, 0.2) is 0 Å². The lowest BCUT2D eigenvalue weighted by molar-refractivity contribution is -0.116. The number of amides is 1. The van der Waals surface area contributed by atoms with E-state index in [1.54, 1.807) is 11.0 Å². The summed E-state index contributed by atoms with van der Waals surface area (Å²) in [7, 11) is -3.55. The topological polar surface area (TPSA) is 66.5 Å². The highest BCUT2D eigenvalue weighted by molar-refractivity contribution is 7.91. The highest BCUT2D eigenvalue weighted by Gasteiger charge is 2.20. The SMILES string of the molecule is CCc1ccc(S(=O)(=O)NCCN(C(C)=O)c2c(C)cc(C)cc2C)s1. The number of sulfonamides is 1. The number of thiophene rings is 1. The van der Waals surface area contributed by atoms with Gasteiger partial charge in [-0.25, -0.2) is 13.1 Å². The molecule has 1 N–H and O–H groups in total. The fraction of sp³-hybridized carbons (Fsp3) is 0.421. The zero-order chi connectivity index (χ0) is 19.5. The van der Waals surface area contributed by atoms with Crippen LogP contribution in [0.4, 0.5) is 5.69 Å². The lowest BCUT2D eigenvalue weighted by Crippen LogP contribution is -2.38. The fourth-order valence-electron chi connectivity index (χ4n) is 3.08. The Morgan fingerprint density at radius 1 is 1.15 bits per heavy atom. The van der Waals surface area contributed by atoms with Crippen LogP contribution in [0.1, 0.15) is 35.4 Å². The van der Waals surface area contributed by atoms with Crippen LogP contribution in [0.25, 0.3) is 0 Å². The quantitative estimate of drug-likeness (QED) is 0.781. The van der Waals surface area contributed by atoms with Crippen LogP contribution in [0, 0.1) is 20.8 Å². The number of nitrogens with one attached hydrogen (secondary N) is 1. The predicted octanol–water partition coefficient (Wildman–Crippen LogP) is 3.57. The summed E-state index contributed by atoms with van der Waals surface area (Å²) >= 11 is 1.28. The van der Waals surface area contributed by atoms with Gasteiger partial charge in [-0.1, -0.05) is 24.6 Å². The second kappa shape index (κ2) is 8.33. The first-order chi connectivity index (χ1) is 12.2. The first kappa shape index (κ1) is 20.6. The number of hydrogen-bond donors (Lipinski definition) is 1. The average molecular weight is 395 g/mol. The summed E-state index contributed by atoms with van der Waals surface area (Å²) in [5.41, 5.74) is 4.00. The second-order valence-electron chi connectivity index (χ2n) is 6.39. The Bertz CT molecular complexity index is 878. The van der Waals surface area contributed by atoms with Crippen molar-refractivity contribution < 1.29 is 13.2 Å². The lowest BCUT2D eigenvalue weighted by atomic mass is 10.0. The maximum absolute atomic E-state index is 12.4. The smallest absolute Gasteiger partial charge is 0.250 e. The predicted molar refractivity (Wildman–Crippen MR) is 108 cm³/mol. The Hall–Kier alpha value is -1.70. The highest BCUT2D eigenvalue weighted by Crippen LogP contribution is 2.26. The summed E-state index contributed by atoms with van der Waals surface area (Å²) in [6.45, 7) is 9.88. The van der Waals surface area contributed by atoms with Gasteiger partial charge < -0.3 is 4.90 Å². The minimum Gasteiger partial charge on any atom is -0.311 e. The molecule has 1 aromatic heterocycles. The summed E-state index contributed by atoms with van der Waals surface area (Å²) in [6, 6.07) is 7.52. The van der Waals surface area contributed by atoms with Crippen LogP contribution in [0.3, 0.4) is 0 Å². The van der Waals surface area contributed by atoms with E-state index in [-0.39, 0.29) is 19.0 Å². The van der Waals surface area contributed by atoms with E-state index >= 15 is 0 Å². The van der Waals surface area contributed by atoms with Gasteiger partial charge in [-0.3, -0.25) is 4.79 Å². The number of hydrogen-bond acceptors (Lipinski definition) is 4. The molecule has 142 valence electrons. The van der Waals surface area contributed by atoms with E-state index in [0.717, 1.165) is 33.7 Å². The largest absolute Gasteiger partial charge is 0.311 e. The standard InChI is InChI=1S/C19H26N2O3S2/c1-6-17-7-8-18(25-17)26(23,24)20-9-10-21(16(5)22)19-14(3)11-13(2)12-15(19)4/h7-8,11-12,20H,6,9-10H2,1-5H3. The van der Waals surface area contributed by atoms with Crippen molar-refractivity contribution in [2.75, 3.05) is 18.0 Å². The normalized spacial score (nSPS) is 11.6. The molecule has 0 aliphatic heterocycles. The molecule has 2 rings (SSSR count). The van der Waals surface area contributed by atoms with E-state index < -0.39 is 10.0 Å². The summed E-state index contributed by atoms with van der Waals surface area (Å²) in [6.07, 6.45) is 0.810. The van der Waals surface area contributed by atoms with Crippen LogP contribution < -0.4 is 9.62 Å². The Labute approximate surface area is 160 Å². The molecule has 5 nitrogen and oxygen atoms in total. The summed E-state index contributed by atoms with van der Waals surface area (Å²) in [5, 5.41) is 0. The molecule has 0 saturated heterocycles. The molecule has 1 aromatic carbocycles. The van der Waals surface area contributed by atoms with Gasteiger partial charge >= 0.3 is 0 Å². The van der Waals surface area contributed by atoms with Crippen LogP contribution in [0.15, 0.2) is 28.5 Å². The third kappa shape index (κ3) is 4.72. The highest BCUT2D eigenvalue weighted by atomic mass is 32.2. The third-order valence-electron chi connectivity index (χ3n) is 4.16. The van der Waals surface area contributed by atoms with Crippen molar-refractivity contribution in [1.82, 2.24) is 4.72 Å². The zero-order valence-corrected chi connectivity index (χ0v) is 17.6. The number of anilines is 1. The minimum atomic E-state index is -3.55. The van der Waals surface area contributed by atoms with E-state index in [0.29, 0.717) is 4.21 Å². The number of nitrogens with zero attached hydrogens (tertiary/aromatic N) is 1. The van der Waals surface area contributed by atoms with Crippen LogP contribution in [0.2, 0.25) is 0 Å². The molecule has 0 saturated carbocycles. The number of aryl methyl sites for hydroxylation is 4. The fourth-order valence-corrected chi connectivity index (χ4v) is 5.44. The molecule has 1 amide bonds. The number of rotatable bonds is 7. The lowest BCUT2D eigenvalue weighted by Gasteiger charge is -2.25. The number of carbonyl (C=O) groups is 1. The summed E-state index contributed by atoms with van der Waals surface area (Å²) in [5.74, 6) is -0.108. The van der Waals surface area contributed by atoms with Gasteiger partial charge in [-0.2, -0.15) is 0 Å². The first-order valence-electron chi connectivity index (χ1n) is 8.60. The van der Waals surface area contributed by atoms with Crippen molar-refractivity contribution in [3.05, 3.63) is 45.8 Å². The molecule has 0 bridgehead atoms. The molecule has 2 aromatic rings. The molecular formula is C19H26N2O3S2. The molecule has 26 heavy (non-hydrogen) atoms. The third-order valence-corrected chi connectivity index (χ3v) is 7.35. The van der Waals surface area contributed by atoms with E-state index in [1.165, 1.54) is 18.3 Å². The Kier molecular flexibility index (Phi) is 6.60. The van der Waals surface area contributed by atoms with Crippen molar-refractivity contribution in [2.24, 2.45) is 0 Å². The van der Waals surface area contributed by atoms with Crippen LogP contribution in [-0.4, -0.2) is 27.4 Å². The van der Waals surface area contributed by atoms with E-state index in [1.807, 2.05) is 45.9 Å². The summed E-state index contributed by atoms with van der Waals surface area (Å²) in [4.78, 5) is 14.8. The minimum absolute atomic E-state index is 0.108. The van der Waals surface area contributed by atoms with E-state index in [4.69, 9.17) is 0 Å². The molecule has 1 heterocycles. The first-order valence-corrected chi connectivity index (χ1v) is 10.9. The molecule has 0 fully saturated rings. The van der Waals surface area contributed by atoms with Crippen molar-refractivity contribution >= 4 is 33.0 Å². The van der Waals surface area contributed by atoms with Gasteiger partial charge in [0.1, 0.15) is 4.21 Å². The van der Waals surface area contributed by atoms with Crippen LogP contribution in [0.5, 0.6) is 0 Å². The molecule has 7 heteroatoms. The maximum Gasteiger partial charge on any atom is 0.250 e.